The summed E-state index contributed by atoms with van der Waals surface area (Å²) in [5, 5.41) is 7.98. The lowest BCUT2D eigenvalue weighted by Gasteiger charge is -2.21. The molecule has 3 amide bonds. The molecule has 0 bridgehead atoms. The van der Waals surface area contributed by atoms with E-state index in [1.165, 1.54) is 12.8 Å². The SMILES string of the molecule is CCNC(=O)NC(=O)C(C)NCCN(CC)C1CC1. The van der Waals surface area contributed by atoms with E-state index in [1.54, 1.807) is 6.92 Å². The van der Waals surface area contributed by atoms with E-state index in [2.05, 4.69) is 27.8 Å². The Bertz CT molecular complexity index is 305. The standard InChI is InChI=1S/C13H26N4O2/c1-4-14-13(19)16-12(18)10(3)15-8-9-17(5-2)11-6-7-11/h10-11,15H,4-9H2,1-3H3,(H2,14,16,18,19). The van der Waals surface area contributed by atoms with Crippen molar-refractivity contribution in [2.24, 2.45) is 0 Å². The second-order valence-corrected chi connectivity index (χ2v) is 4.88. The molecule has 0 spiro atoms. The van der Waals surface area contributed by atoms with Gasteiger partial charge in [0.05, 0.1) is 6.04 Å². The number of carbonyl (C=O) groups excluding carboxylic acids is 2. The maximum atomic E-state index is 11.7. The van der Waals surface area contributed by atoms with Gasteiger partial charge < -0.3 is 10.6 Å². The van der Waals surface area contributed by atoms with Gasteiger partial charge in [-0.2, -0.15) is 0 Å². The van der Waals surface area contributed by atoms with Gasteiger partial charge in [-0.05, 0) is 33.2 Å². The van der Waals surface area contributed by atoms with Crippen molar-refractivity contribution in [3.05, 3.63) is 0 Å². The van der Waals surface area contributed by atoms with Crippen molar-refractivity contribution in [1.29, 1.82) is 0 Å². The van der Waals surface area contributed by atoms with Gasteiger partial charge in [0.2, 0.25) is 5.91 Å². The van der Waals surface area contributed by atoms with Crippen molar-refractivity contribution >= 4 is 11.9 Å². The fraction of sp³-hybridized carbons (Fsp3) is 0.846. The average Bonchev–Trinajstić information content (AvgIpc) is 3.18. The molecule has 0 aliphatic heterocycles. The maximum absolute atomic E-state index is 11.7. The highest BCUT2D eigenvalue weighted by Gasteiger charge is 2.27. The zero-order valence-electron chi connectivity index (χ0n) is 12.2. The Morgan fingerprint density at radius 3 is 2.53 bits per heavy atom. The Hall–Kier alpha value is -1.14. The topological polar surface area (TPSA) is 73.5 Å². The zero-order chi connectivity index (χ0) is 14.3. The number of nitrogens with zero attached hydrogens (tertiary/aromatic N) is 1. The largest absolute Gasteiger partial charge is 0.338 e. The van der Waals surface area contributed by atoms with Gasteiger partial charge in [-0.3, -0.25) is 15.0 Å². The molecule has 1 aliphatic rings. The Morgan fingerprint density at radius 2 is 2.00 bits per heavy atom. The Balaban J connectivity index is 2.16. The molecule has 1 fully saturated rings. The molecule has 1 unspecified atom stereocenters. The van der Waals surface area contributed by atoms with Crippen LogP contribution >= 0.6 is 0 Å². The molecule has 6 nitrogen and oxygen atoms in total. The van der Waals surface area contributed by atoms with Crippen molar-refractivity contribution in [2.45, 2.75) is 45.7 Å². The third-order valence-corrected chi connectivity index (χ3v) is 3.29. The van der Waals surface area contributed by atoms with Crippen LogP contribution in [0.3, 0.4) is 0 Å². The van der Waals surface area contributed by atoms with Crippen molar-refractivity contribution < 1.29 is 9.59 Å². The van der Waals surface area contributed by atoms with Gasteiger partial charge in [0, 0.05) is 25.7 Å². The van der Waals surface area contributed by atoms with Gasteiger partial charge in [0.15, 0.2) is 0 Å². The van der Waals surface area contributed by atoms with Crippen molar-refractivity contribution in [3.8, 4) is 0 Å². The zero-order valence-corrected chi connectivity index (χ0v) is 12.2. The lowest BCUT2D eigenvalue weighted by atomic mass is 10.3. The van der Waals surface area contributed by atoms with E-state index in [9.17, 15) is 9.59 Å². The fourth-order valence-electron chi connectivity index (χ4n) is 1.98. The molecule has 110 valence electrons. The molecule has 0 saturated heterocycles. The first kappa shape index (κ1) is 15.9. The molecular weight excluding hydrogens is 244 g/mol. The second-order valence-electron chi connectivity index (χ2n) is 4.88. The molecule has 6 heteroatoms. The summed E-state index contributed by atoms with van der Waals surface area (Å²) in [4.78, 5) is 25.3. The van der Waals surface area contributed by atoms with E-state index in [0.717, 1.165) is 25.7 Å². The number of amides is 3. The maximum Gasteiger partial charge on any atom is 0.321 e. The smallest absolute Gasteiger partial charge is 0.321 e. The van der Waals surface area contributed by atoms with Gasteiger partial charge in [0.25, 0.3) is 0 Å². The van der Waals surface area contributed by atoms with Gasteiger partial charge in [-0.15, -0.1) is 0 Å². The summed E-state index contributed by atoms with van der Waals surface area (Å²) < 4.78 is 0. The molecule has 0 radical (unpaired) electrons. The van der Waals surface area contributed by atoms with E-state index < -0.39 is 6.03 Å². The third-order valence-electron chi connectivity index (χ3n) is 3.29. The number of hydrogen-bond acceptors (Lipinski definition) is 4. The van der Waals surface area contributed by atoms with E-state index >= 15 is 0 Å². The molecule has 0 aromatic heterocycles. The number of urea groups is 1. The number of rotatable bonds is 8. The van der Waals surface area contributed by atoms with Crippen LogP contribution in [0.15, 0.2) is 0 Å². The number of hydrogen-bond donors (Lipinski definition) is 3. The normalized spacial score (nSPS) is 16.2. The number of nitrogens with one attached hydrogen (secondary N) is 3. The van der Waals surface area contributed by atoms with Crippen LogP contribution in [0.4, 0.5) is 4.79 Å². The summed E-state index contributed by atoms with van der Waals surface area (Å²) >= 11 is 0. The molecule has 0 heterocycles. The lowest BCUT2D eigenvalue weighted by molar-refractivity contribution is -0.121. The van der Waals surface area contributed by atoms with Gasteiger partial charge in [-0.1, -0.05) is 6.92 Å². The summed E-state index contributed by atoms with van der Waals surface area (Å²) in [5.41, 5.74) is 0. The fourth-order valence-corrected chi connectivity index (χ4v) is 1.98. The number of imide groups is 1. The van der Waals surface area contributed by atoms with Crippen molar-refractivity contribution in [1.82, 2.24) is 20.9 Å². The summed E-state index contributed by atoms with van der Waals surface area (Å²) in [5.74, 6) is -0.291. The average molecular weight is 270 g/mol. The second kappa shape index (κ2) is 8.12. The molecule has 0 aromatic rings. The van der Waals surface area contributed by atoms with E-state index in [-0.39, 0.29) is 11.9 Å². The first-order valence-electron chi connectivity index (χ1n) is 7.14. The number of carbonyl (C=O) groups is 2. The van der Waals surface area contributed by atoms with Crippen LogP contribution in [-0.2, 0) is 4.79 Å². The van der Waals surface area contributed by atoms with Gasteiger partial charge >= 0.3 is 6.03 Å². The third kappa shape index (κ3) is 6.02. The van der Waals surface area contributed by atoms with Crippen LogP contribution in [0.25, 0.3) is 0 Å². The van der Waals surface area contributed by atoms with Gasteiger partial charge in [0.1, 0.15) is 0 Å². The summed E-state index contributed by atoms with van der Waals surface area (Å²) in [6.07, 6.45) is 2.59. The molecule has 1 rings (SSSR count). The van der Waals surface area contributed by atoms with Crippen LogP contribution in [-0.4, -0.2) is 55.1 Å². The van der Waals surface area contributed by atoms with Crippen LogP contribution in [0.5, 0.6) is 0 Å². The molecule has 1 aliphatic carbocycles. The lowest BCUT2D eigenvalue weighted by Crippen LogP contribution is -2.49. The minimum Gasteiger partial charge on any atom is -0.338 e. The van der Waals surface area contributed by atoms with E-state index in [4.69, 9.17) is 0 Å². The quantitative estimate of drug-likeness (QED) is 0.593. The van der Waals surface area contributed by atoms with Crippen molar-refractivity contribution in [2.75, 3.05) is 26.2 Å². The number of likely N-dealkylation sites (N-methyl/N-ethyl adjacent to an activating group) is 1. The Morgan fingerprint density at radius 1 is 1.32 bits per heavy atom. The van der Waals surface area contributed by atoms with E-state index in [0.29, 0.717) is 6.54 Å². The predicted octanol–water partition coefficient (Wildman–Crippen LogP) is 0.295. The monoisotopic (exact) mass is 270 g/mol. The summed E-state index contributed by atoms with van der Waals surface area (Å²) in [6, 6.07) is -0.0545. The minimum absolute atomic E-state index is 0.291. The van der Waals surface area contributed by atoms with Crippen LogP contribution in [0.2, 0.25) is 0 Å². The molecule has 0 aromatic carbocycles. The molecule has 19 heavy (non-hydrogen) atoms. The highest BCUT2D eigenvalue weighted by molar-refractivity contribution is 5.96. The van der Waals surface area contributed by atoms with Crippen LogP contribution in [0, 0.1) is 0 Å². The Kier molecular flexibility index (Phi) is 6.80. The molecule has 1 saturated carbocycles. The Labute approximate surface area is 115 Å². The first-order chi connectivity index (χ1) is 9.08. The highest BCUT2D eigenvalue weighted by atomic mass is 16.2. The molecule has 3 N–H and O–H groups in total. The predicted molar refractivity (Wildman–Crippen MR) is 74.9 cm³/mol. The highest BCUT2D eigenvalue weighted by Crippen LogP contribution is 2.25. The molecule has 1 atom stereocenters. The van der Waals surface area contributed by atoms with E-state index in [1.807, 2.05) is 6.92 Å². The summed E-state index contributed by atoms with van der Waals surface area (Å²) in [6.45, 7) is 8.99. The van der Waals surface area contributed by atoms with Gasteiger partial charge in [-0.25, -0.2) is 4.79 Å². The molecular formula is C13H26N4O2. The summed E-state index contributed by atoms with van der Waals surface area (Å²) in [7, 11) is 0. The van der Waals surface area contributed by atoms with Crippen LogP contribution < -0.4 is 16.0 Å². The first-order valence-corrected chi connectivity index (χ1v) is 7.14. The van der Waals surface area contributed by atoms with Crippen molar-refractivity contribution in [3.63, 3.8) is 0 Å². The minimum atomic E-state index is -0.436. The van der Waals surface area contributed by atoms with Crippen LogP contribution in [0.1, 0.15) is 33.6 Å².